The molecule has 1 aliphatic heterocycles. The molecule has 0 amide bonds. The van der Waals surface area contributed by atoms with Crippen LogP contribution in [0, 0.1) is 5.92 Å². The zero-order chi connectivity index (χ0) is 15.4. The highest BCUT2D eigenvalue weighted by molar-refractivity contribution is 5.85. The summed E-state index contributed by atoms with van der Waals surface area (Å²) < 4.78 is 0. The summed E-state index contributed by atoms with van der Waals surface area (Å²) in [6.07, 6.45) is 2.55. The molecule has 1 saturated heterocycles. The SMILES string of the molecule is CC(C)CN(Cc1cccc2ccccc12)C1CCNCC1. The number of rotatable bonds is 5. The summed E-state index contributed by atoms with van der Waals surface area (Å²) in [5.74, 6) is 0.713. The summed E-state index contributed by atoms with van der Waals surface area (Å²) >= 11 is 0. The molecule has 2 aromatic rings. The topological polar surface area (TPSA) is 15.3 Å². The summed E-state index contributed by atoms with van der Waals surface area (Å²) in [4.78, 5) is 2.72. The molecule has 22 heavy (non-hydrogen) atoms. The molecule has 1 N–H and O–H groups in total. The molecule has 1 heterocycles. The number of benzene rings is 2. The second-order valence-electron chi connectivity index (χ2n) is 6.94. The Morgan fingerprint density at radius 3 is 2.55 bits per heavy atom. The average molecular weight is 296 g/mol. The van der Waals surface area contributed by atoms with E-state index in [4.69, 9.17) is 0 Å². The smallest absolute Gasteiger partial charge is 0.0242 e. The lowest BCUT2D eigenvalue weighted by atomic mass is 9.99. The van der Waals surface area contributed by atoms with Crippen LogP contribution in [0.4, 0.5) is 0 Å². The third kappa shape index (κ3) is 3.68. The molecule has 0 unspecified atom stereocenters. The van der Waals surface area contributed by atoms with Crippen molar-refractivity contribution in [3.63, 3.8) is 0 Å². The second kappa shape index (κ2) is 7.26. The van der Waals surface area contributed by atoms with Crippen LogP contribution < -0.4 is 5.32 Å². The highest BCUT2D eigenvalue weighted by Gasteiger charge is 2.22. The molecule has 2 heteroatoms. The van der Waals surface area contributed by atoms with Crippen molar-refractivity contribution in [1.82, 2.24) is 10.2 Å². The Bertz CT molecular complexity index is 594. The number of fused-ring (bicyclic) bond motifs is 1. The first-order chi connectivity index (χ1) is 10.7. The van der Waals surface area contributed by atoms with Gasteiger partial charge in [-0.2, -0.15) is 0 Å². The van der Waals surface area contributed by atoms with Crippen LogP contribution in [0.1, 0.15) is 32.3 Å². The first kappa shape index (κ1) is 15.5. The molecular weight excluding hydrogens is 268 g/mol. The molecule has 2 nitrogen and oxygen atoms in total. The van der Waals surface area contributed by atoms with Gasteiger partial charge in [0.1, 0.15) is 0 Å². The quantitative estimate of drug-likeness (QED) is 0.895. The van der Waals surface area contributed by atoms with Gasteiger partial charge in [0.15, 0.2) is 0 Å². The number of piperidine rings is 1. The number of nitrogens with zero attached hydrogens (tertiary/aromatic N) is 1. The first-order valence-electron chi connectivity index (χ1n) is 8.65. The minimum absolute atomic E-state index is 0.713. The standard InChI is InChI=1S/C20H28N2/c1-16(2)14-22(19-10-12-21-13-11-19)15-18-8-5-7-17-6-3-4-9-20(17)18/h3-9,16,19,21H,10-15H2,1-2H3. The van der Waals surface area contributed by atoms with Gasteiger partial charge in [-0.05, 0) is 48.2 Å². The highest BCUT2D eigenvalue weighted by atomic mass is 15.2. The van der Waals surface area contributed by atoms with Crippen molar-refractivity contribution in [3.05, 3.63) is 48.0 Å². The molecule has 1 fully saturated rings. The summed E-state index contributed by atoms with van der Waals surface area (Å²) in [5, 5.41) is 6.26. The van der Waals surface area contributed by atoms with Gasteiger partial charge in [-0.15, -0.1) is 0 Å². The van der Waals surface area contributed by atoms with Gasteiger partial charge < -0.3 is 5.32 Å². The Morgan fingerprint density at radius 1 is 1.05 bits per heavy atom. The van der Waals surface area contributed by atoms with Crippen LogP contribution in [0.5, 0.6) is 0 Å². The van der Waals surface area contributed by atoms with Crippen LogP contribution in [-0.4, -0.2) is 30.6 Å². The Hall–Kier alpha value is -1.38. The normalized spacial score (nSPS) is 16.7. The molecule has 0 saturated carbocycles. The van der Waals surface area contributed by atoms with E-state index in [0.717, 1.165) is 25.7 Å². The average Bonchev–Trinajstić information content (AvgIpc) is 2.55. The van der Waals surface area contributed by atoms with Gasteiger partial charge in [-0.1, -0.05) is 56.3 Å². The van der Waals surface area contributed by atoms with Gasteiger partial charge in [-0.3, -0.25) is 4.90 Å². The van der Waals surface area contributed by atoms with Crippen molar-refractivity contribution >= 4 is 10.8 Å². The van der Waals surface area contributed by atoms with E-state index < -0.39 is 0 Å². The van der Waals surface area contributed by atoms with E-state index in [1.165, 1.54) is 35.7 Å². The van der Waals surface area contributed by atoms with Crippen molar-refractivity contribution in [2.24, 2.45) is 5.92 Å². The van der Waals surface area contributed by atoms with Crippen molar-refractivity contribution in [1.29, 1.82) is 0 Å². The molecular formula is C20H28N2. The molecule has 1 aliphatic rings. The summed E-state index contributed by atoms with van der Waals surface area (Å²) in [6, 6.07) is 16.2. The van der Waals surface area contributed by atoms with Crippen LogP contribution >= 0.6 is 0 Å². The maximum atomic E-state index is 3.49. The molecule has 0 aliphatic carbocycles. The highest BCUT2D eigenvalue weighted by Crippen LogP contribution is 2.23. The summed E-state index contributed by atoms with van der Waals surface area (Å²) in [5.41, 5.74) is 1.47. The Balaban J connectivity index is 1.84. The number of nitrogens with one attached hydrogen (secondary N) is 1. The summed E-state index contributed by atoms with van der Waals surface area (Å²) in [6.45, 7) is 9.25. The molecule has 0 radical (unpaired) electrons. The Kier molecular flexibility index (Phi) is 5.12. The lowest BCUT2D eigenvalue weighted by molar-refractivity contribution is 0.138. The molecule has 0 aromatic heterocycles. The summed E-state index contributed by atoms with van der Waals surface area (Å²) in [7, 11) is 0. The molecule has 118 valence electrons. The number of hydrogen-bond donors (Lipinski definition) is 1. The lowest BCUT2D eigenvalue weighted by Gasteiger charge is -2.36. The van der Waals surface area contributed by atoms with Crippen LogP contribution in [0.15, 0.2) is 42.5 Å². The maximum absolute atomic E-state index is 3.49. The van der Waals surface area contributed by atoms with Crippen LogP contribution in [-0.2, 0) is 6.54 Å². The van der Waals surface area contributed by atoms with E-state index in [-0.39, 0.29) is 0 Å². The second-order valence-corrected chi connectivity index (χ2v) is 6.94. The van der Waals surface area contributed by atoms with E-state index >= 15 is 0 Å². The van der Waals surface area contributed by atoms with Gasteiger partial charge in [-0.25, -0.2) is 0 Å². The predicted octanol–water partition coefficient (Wildman–Crippen LogP) is 4.05. The van der Waals surface area contributed by atoms with Crippen LogP contribution in [0.3, 0.4) is 0 Å². The van der Waals surface area contributed by atoms with E-state index in [2.05, 4.69) is 66.5 Å². The zero-order valence-corrected chi connectivity index (χ0v) is 13.9. The van der Waals surface area contributed by atoms with Crippen molar-refractivity contribution in [3.8, 4) is 0 Å². The first-order valence-corrected chi connectivity index (χ1v) is 8.65. The molecule has 0 spiro atoms. The van der Waals surface area contributed by atoms with E-state index in [9.17, 15) is 0 Å². The lowest BCUT2D eigenvalue weighted by Crippen LogP contribution is -2.44. The Labute approximate surface area is 134 Å². The van der Waals surface area contributed by atoms with E-state index in [1.54, 1.807) is 0 Å². The van der Waals surface area contributed by atoms with Crippen molar-refractivity contribution in [2.75, 3.05) is 19.6 Å². The van der Waals surface area contributed by atoms with Gasteiger partial charge in [0.2, 0.25) is 0 Å². The third-order valence-corrected chi connectivity index (χ3v) is 4.68. The molecule has 0 atom stereocenters. The van der Waals surface area contributed by atoms with E-state index in [0.29, 0.717) is 5.92 Å². The fraction of sp³-hybridized carbons (Fsp3) is 0.500. The maximum Gasteiger partial charge on any atom is 0.0242 e. The van der Waals surface area contributed by atoms with Gasteiger partial charge >= 0.3 is 0 Å². The minimum atomic E-state index is 0.713. The monoisotopic (exact) mass is 296 g/mol. The van der Waals surface area contributed by atoms with Gasteiger partial charge in [0.05, 0.1) is 0 Å². The molecule has 2 aromatic carbocycles. The molecule has 0 bridgehead atoms. The van der Waals surface area contributed by atoms with E-state index in [1.807, 2.05) is 0 Å². The minimum Gasteiger partial charge on any atom is -0.317 e. The van der Waals surface area contributed by atoms with Crippen molar-refractivity contribution < 1.29 is 0 Å². The third-order valence-electron chi connectivity index (χ3n) is 4.68. The largest absolute Gasteiger partial charge is 0.317 e. The zero-order valence-electron chi connectivity index (χ0n) is 13.9. The predicted molar refractivity (Wildman–Crippen MR) is 95.1 cm³/mol. The van der Waals surface area contributed by atoms with Crippen LogP contribution in [0.25, 0.3) is 10.8 Å². The van der Waals surface area contributed by atoms with Crippen LogP contribution in [0.2, 0.25) is 0 Å². The fourth-order valence-corrected chi connectivity index (χ4v) is 3.63. The van der Waals surface area contributed by atoms with Gasteiger partial charge in [0, 0.05) is 19.1 Å². The Morgan fingerprint density at radius 2 is 1.77 bits per heavy atom. The molecule has 3 rings (SSSR count). The fourth-order valence-electron chi connectivity index (χ4n) is 3.63. The number of hydrogen-bond acceptors (Lipinski definition) is 2. The van der Waals surface area contributed by atoms with Gasteiger partial charge in [0.25, 0.3) is 0 Å². The van der Waals surface area contributed by atoms with Crippen molar-refractivity contribution in [2.45, 2.75) is 39.3 Å².